The van der Waals surface area contributed by atoms with Crippen LogP contribution in [0.25, 0.3) is 0 Å². The third-order valence-corrected chi connectivity index (χ3v) is 10.7. The molecule has 0 fully saturated rings. The van der Waals surface area contributed by atoms with Crippen molar-refractivity contribution < 1.29 is 32.9 Å². The number of hydrogen-bond acceptors (Lipinski definition) is 5. The molecule has 3 unspecified atom stereocenters. The standard InChI is InChI=1S/C42H85N2O6P/c1-6-8-10-12-14-16-18-20-21-22-23-24-26-28-30-32-34-36-42(46)43-40(39-50-51(47,48)49-38-37-44(3,4)5)41(45)35-33-31-29-27-25-19-17-15-13-11-9-7-2/h20-21,40-41,45H,6-19,22-39H2,1-5H3,(H-,43,46,47,48)/p+1/b21-20-. The van der Waals surface area contributed by atoms with Gasteiger partial charge in [0.2, 0.25) is 5.91 Å². The van der Waals surface area contributed by atoms with Gasteiger partial charge in [0, 0.05) is 6.42 Å². The molecular weight excluding hydrogens is 659 g/mol. The highest BCUT2D eigenvalue weighted by Crippen LogP contribution is 2.43. The van der Waals surface area contributed by atoms with Gasteiger partial charge in [0.1, 0.15) is 13.2 Å². The topological polar surface area (TPSA) is 105 Å². The van der Waals surface area contributed by atoms with Gasteiger partial charge in [-0.3, -0.25) is 13.8 Å². The number of aliphatic hydroxyl groups excluding tert-OH is 1. The first-order valence-corrected chi connectivity index (χ1v) is 23.0. The summed E-state index contributed by atoms with van der Waals surface area (Å²) in [6.07, 6.45) is 38.0. The fraction of sp³-hybridized carbons (Fsp3) is 0.929. The highest BCUT2D eigenvalue weighted by molar-refractivity contribution is 7.47. The quantitative estimate of drug-likeness (QED) is 0.0250. The number of amides is 1. The number of hydrogen-bond donors (Lipinski definition) is 3. The second kappa shape index (κ2) is 35.0. The first-order valence-electron chi connectivity index (χ1n) is 21.6. The van der Waals surface area contributed by atoms with Crippen LogP contribution in [0.5, 0.6) is 0 Å². The van der Waals surface area contributed by atoms with E-state index in [9.17, 15) is 19.4 Å². The third kappa shape index (κ3) is 37.4. The Bertz CT molecular complexity index is 850. The molecule has 0 saturated carbocycles. The van der Waals surface area contributed by atoms with Crippen LogP contribution < -0.4 is 5.32 Å². The number of unbranched alkanes of at least 4 members (excludes halogenated alkanes) is 24. The zero-order valence-electron chi connectivity index (χ0n) is 34.4. The minimum atomic E-state index is -4.31. The highest BCUT2D eigenvalue weighted by atomic mass is 31.2. The van der Waals surface area contributed by atoms with Gasteiger partial charge in [0.15, 0.2) is 0 Å². The summed E-state index contributed by atoms with van der Waals surface area (Å²) in [6, 6.07) is -0.757. The van der Waals surface area contributed by atoms with E-state index in [4.69, 9.17) is 9.05 Å². The maximum atomic E-state index is 12.9. The van der Waals surface area contributed by atoms with Crippen LogP contribution in [-0.2, 0) is 18.4 Å². The molecule has 0 aliphatic carbocycles. The molecule has 0 saturated heterocycles. The minimum absolute atomic E-state index is 0.0755. The third-order valence-electron chi connectivity index (χ3n) is 9.76. The van der Waals surface area contributed by atoms with Crippen molar-refractivity contribution in [2.75, 3.05) is 40.9 Å². The monoisotopic (exact) mass is 746 g/mol. The summed E-state index contributed by atoms with van der Waals surface area (Å²) < 4.78 is 23.6. The van der Waals surface area contributed by atoms with Crippen molar-refractivity contribution in [3.05, 3.63) is 12.2 Å². The van der Waals surface area contributed by atoms with Crippen LogP contribution in [0.4, 0.5) is 0 Å². The van der Waals surface area contributed by atoms with E-state index in [0.717, 1.165) is 38.5 Å². The van der Waals surface area contributed by atoms with Crippen LogP contribution in [0.3, 0.4) is 0 Å². The van der Waals surface area contributed by atoms with E-state index in [1.165, 1.54) is 135 Å². The van der Waals surface area contributed by atoms with E-state index in [-0.39, 0.29) is 19.1 Å². The van der Waals surface area contributed by atoms with Crippen molar-refractivity contribution in [2.24, 2.45) is 0 Å². The molecule has 0 aromatic heterocycles. The van der Waals surface area contributed by atoms with Crippen molar-refractivity contribution >= 4 is 13.7 Å². The van der Waals surface area contributed by atoms with Crippen LogP contribution in [0.2, 0.25) is 0 Å². The van der Waals surface area contributed by atoms with E-state index >= 15 is 0 Å². The molecule has 51 heavy (non-hydrogen) atoms. The molecule has 1 amide bonds. The van der Waals surface area contributed by atoms with E-state index in [1.807, 2.05) is 21.1 Å². The van der Waals surface area contributed by atoms with Crippen molar-refractivity contribution in [3.8, 4) is 0 Å². The SMILES string of the molecule is CCCCCCCC/C=C\CCCCCCCCCC(=O)NC(COP(=O)(O)OCC[N+](C)(C)C)C(O)CCCCCCCCCCCCCC. The van der Waals surface area contributed by atoms with Gasteiger partial charge < -0.3 is 19.8 Å². The number of phosphoric acid groups is 1. The second-order valence-corrected chi connectivity index (χ2v) is 17.5. The van der Waals surface area contributed by atoms with Gasteiger partial charge in [0.05, 0.1) is 39.9 Å². The summed E-state index contributed by atoms with van der Waals surface area (Å²) in [5.74, 6) is -0.149. The van der Waals surface area contributed by atoms with Gasteiger partial charge in [0.25, 0.3) is 0 Å². The van der Waals surface area contributed by atoms with Crippen LogP contribution >= 0.6 is 7.82 Å². The molecule has 0 radical (unpaired) electrons. The first-order chi connectivity index (χ1) is 24.5. The number of nitrogens with zero attached hydrogens (tertiary/aromatic N) is 1. The lowest BCUT2D eigenvalue weighted by Crippen LogP contribution is -2.46. The number of carbonyl (C=O) groups is 1. The molecule has 0 rings (SSSR count). The molecule has 3 N–H and O–H groups in total. The molecule has 8 nitrogen and oxygen atoms in total. The lowest BCUT2D eigenvalue weighted by molar-refractivity contribution is -0.870. The Morgan fingerprint density at radius 1 is 0.647 bits per heavy atom. The molecule has 0 aromatic rings. The number of rotatable bonds is 39. The molecule has 0 aliphatic heterocycles. The van der Waals surface area contributed by atoms with E-state index < -0.39 is 20.0 Å². The first kappa shape index (κ1) is 50.2. The highest BCUT2D eigenvalue weighted by Gasteiger charge is 2.28. The molecule has 0 heterocycles. The lowest BCUT2D eigenvalue weighted by atomic mass is 10.0. The zero-order valence-corrected chi connectivity index (χ0v) is 35.3. The fourth-order valence-corrected chi connectivity index (χ4v) is 7.01. The maximum Gasteiger partial charge on any atom is 0.472 e. The Kier molecular flexibility index (Phi) is 34.5. The lowest BCUT2D eigenvalue weighted by Gasteiger charge is -2.26. The van der Waals surface area contributed by atoms with Gasteiger partial charge in [-0.2, -0.15) is 0 Å². The van der Waals surface area contributed by atoms with Crippen molar-refractivity contribution in [2.45, 2.75) is 212 Å². The molecule has 3 atom stereocenters. The summed E-state index contributed by atoms with van der Waals surface area (Å²) in [5, 5.41) is 13.9. The summed E-state index contributed by atoms with van der Waals surface area (Å²) in [4.78, 5) is 23.1. The van der Waals surface area contributed by atoms with Gasteiger partial charge in [-0.05, 0) is 38.5 Å². The van der Waals surface area contributed by atoms with Crippen LogP contribution in [0, 0.1) is 0 Å². The Hall–Kier alpha value is -0.760. The minimum Gasteiger partial charge on any atom is -0.391 e. The summed E-state index contributed by atoms with van der Waals surface area (Å²) in [6.45, 7) is 4.87. The number of likely N-dealkylation sites (N-methyl/N-ethyl adjacent to an activating group) is 1. The number of quaternary nitrogens is 1. The molecule has 304 valence electrons. The van der Waals surface area contributed by atoms with Crippen molar-refractivity contribution in [1.82, 2.24) is 5.32 Å². The van der Waals surface area contributed by atoms with E-state index in [2.05, 4.69) is 31.3 Å². The smallest absolute Gasteiger partial charge is 0.391 e. The zero-order chi connectivity index (χ0) is 37.9. The van der Waals surface area contributed by atoms with E-state index in [0.29, 0.717) is 23.9 Å². The largest absolute Gasteiger partial charge is 0.472 e. The Morgan fingerprint density at radius 2 is 1.06 bits per heavy atom. The summed E-state index contributed by atoms with van der Waals surface area (Å²) in [5.41, 5.74) is 0. The van der Waals surface area contributed by atoms with Gasteiger partial charge >= 0.3 is 7.82 Å². The predicted octanol–water partition coefficient (Wildman–Crippen LogP) is 11.6. The Morgan fingerprint density at radius 3 is 1.51 bits per heavy atom. The van der Waals surface area contributed by atoms with E-state index in [1.54, 1.807) is 0 Å². The van der Waals surface area contributed by atoms with Gasteiger partial charge in [-0.15, -0.1) is 0 Å². The molecule has 0 spiro atoms. The van der Waals surface area contributed by atoms with Gasteiger partial charge in [-0.1, -0.05) is 167 Å². The fourth-order valence-electron chi connectivity index (χ4n) is 6.28. The van der Waals surface area contributed by atoms with Gasteiger partial charge in [-0.25, -0.2) is 4.57 Å². The van der Waals surface area contributed by atoms with Crippen LogP contribution in [0.15, 0.2) is 12.2 Å². The Balaban J connectivity index is 4.36. The number of phosphoric ester groups is 1. The number of aliphatic hydroxyl groups is 1. The van der Waals surface area contributed by atoms with Crippen LogP contribution in [-0.4, -0.2) is 73.4 Å². The molecule has 9 heteroatoms. The van der Waals surface area contributed by atoms with Crippen molar-refractivity contribution in [1.29, 1.82) is 0 Å². The predicted molar refractivity (Wildman–Crippen MR) is 217 cm³/mol. The normalized spacial score (nSPS) is 14.6. The molecule has 0 bridgehead atoms. The second-order valence-electron chi connectivity index (χ2n) is 16.1. The number of carbonyl (C=O) groups excluding carboxylic acids is 1. The average Bonchev–Trinajstić information content (AvgIpc) is 3.07. The average molecular weight is 746 g/mol. The Labute approximate surface area is 316 Å². The maximum absolute atomic E-state index is 12.9. The summed E-state index contributed by atoms with van der Waals surface area (Å²) >= 11 is 0. The van der Waals surface area contributed by atoms with Crippen molar-refractivity contribution in [3.63, 3.8) is 0 Å². The molecule has 0 aromatic carbocycles. The number of allylic oxidation sites excluding steroid dienone is 2. The van der Waals surface area contributed by atoms with Crippen LogP contribution in [0.1, 0.15) is 200 Å². The number of nitrogens with one attached hydrogen (secondary N) is 1. The molecule has 0 aliphatic rings. The summed E-state index contributed by atoms with van der Waals surface area (Å²) in [7, 11) is 1.62. The molecular formula is C42H86N2O6P+.